The predicted octanol–water partition coefficient (Wildman–Crippen LogP) is 3.10. The zero-order valence-corrected chi connectivity index (χ0v) is 12.0. The van der Waals surface area contributed by atoms with Gasteiger partial charge in [-0.1, -0.05) is 0 Å². The zero-order valence-electron chi connectivity index (χ0n) is 11.2. The number of hydrogen-bond donors (Lipinski definition) is 3. The van der Waals surface area contributed by atoms with Crippen LogP contribution in [-0.2, 0) is 0 Å². The summed E-state index contributed by atoms with van der Waals surface area (Å²) < 4.78 is 1.12. The molecule has 2 heterocycles. The molecule has 0 aliphatic carbocycles. The first kappa shape index (κ1) is 12.9. The van der Waals surface area contributed by atoms with Gasteiger partial charge in [0.25, 0.3) is 0 Å². The van der Waals surface area contributed by atoms with Crippen LogP contribution < -0.4 is 4.73 Å². The van der Waals surface area contributed by atoms with Crippen molar-refractivity contribution in [3.05, 3.63) is 42.2 Å². The third-order valence-electron chi connectivity index (χ3n) is 3.41. The molecule has 5 heteroatoms. The van der Waals surface area contributed by atoms with Gasteiger partial charge in [-0.05, 0) is 41.3 Å². The summed E-state index contributed by atoms with van der Waals surface area (Å²) in [5.74, 6) is 0.236. The summed E-state index contributed by atoms with van der Waals surface area (Å²) >= 11 is 1.63. The van der Waals surface area contributed by atoms with Crippen molar-refractivity contribution in [1.82, 2.24) is 4.98 Å². The van der Waals surface area contributed by atoms with Crippen LogP contribution in [0.15, 0.2) is 41.4 Å². The highest BCUT2D eigenvalue weighted by Crippen LogP contribution is 2.36. The summed E-state index contributed by atoms with van der Waals surface area (Å²) in [5.41, 5.74) is 2.99. The molecule has 102 valence electrons. The highest BCUT2D eigenvalue weighted by molar-refractivity contribution is 7.98. The van der Waals surface area contributed by atoms with Gasteiger partial charge in [0.2, 0.25) is 0 Å². The van der Waals surface area contributed by atoms with Gasteiger partial charge in [0, 0.05) is 22.9 Å². The van der Waals surface area contributed by atoms with Gasteiger partial charge < -0.3 is 10.3 Å². The largest absolute Gasteiger partial charge is 0.507 e. The number of aryl methyl sites for hydroxylation is 1. The van der Waals surface area contributed by atoms with Crippen molar-refractivity contribution in [2.75, 3.05) is 6.26 Å². The van der Waals surface area contributed by atoms with E-state index in [1.807, 2.05) is 37.4 Å². The summed E-state index contributed by atoms with van der Waals surface area (Å²) in [7, 11) is 0. The number of nitrogens with zero attached hydrogens (tertiary/aromatic N) is 1. The molecule has 0 fully saturated rings. The topological polar surface area (TPSA) is 60.1 Å². The summed E-state index contributed by atoms with van der Waals surface area (Å²) in [6.07, 6.45) is 3.77. The predicted molar refractivity (Wildman–Crippen MR) is 79.3 cm³/mol. The van der Waals surface area contributed by atoms with E-state index in [2.05, 4.69) is 4.98 Å². The lowest BCUT2D eigenvalue weighted by molar-refractivity contribution is -0.889. The minimum absolute atomic E-state index is 0.236. The summed E-state index contributed by atoms with van der Waals surface area (Å²) in [6.45, 7) is 1.82. The fourth-order valence-electron chi connectivity index (χ4n) is 2.36. The molecule has 0 radical (unpaired) electrons. The van der Waals surface area contributed by atoms with E-state index in [0.29, 0.717) is 11.3 Å². The number of aromatic amines is 1. The maximum Gasteiger partial charge on any atom is 0.326 e. The summed E-state index contributed by atoms with van der Waals surface area (Å²) in [6, 6.07) is 9.31. The third-order valence-corrected chi connectivity index (χ3v) is 4.13. The molecule has 0 amide bonds. The van der Waals surface area contributed by atoms with E-state index in [1.165, 1.54) is 0 Å². The van der Waals surface area contributed by atoms with E-state index < -0.39 is 0 Å². The normalized spacial score (nSPS) is 11.1. The monoisotopic (exact) mass is 287 g/mol. The van der Waals surface area contributed by atoms with Crippen molar-refractivity contribution in [3.8, 4) is 16.9 Å². The second-order valence-corrected chi connectivity index (χ2v) is 5.51. The standard InChI is InChI=1S/C15H14N2O2S/c1-9-7-12(11-5-6-16-15(11)17(9)19)13-8-10(20-2)3-4-14(13)18/h3-8,19H,1-2H3,(H,16,18)/p+1. The lowest BCUT2D eigenvalue weighted by atomic mass is 10.0. The van der Waals surface area contributed by atoms with Gasteiger partial charge in [0.1, 0.15) is 11.4 Å². The lowest BCUT2D eigenvalue weighted by Gasteiger charge is -2.08. The van der Waals surface area contributed by atoms with Gasteiger partial charge in [0.05, 0.1) is 11.6 Å². The molecule has 4 nitrogen and oxygen atoms in total. The van der Waals surface area contributed by atoms with E-state index in [1.54, 1.807) is 24.0 Å². The molecule has 0 spiro atoms. The summed E-state index contributed by atoms with van der Waals surface area (Å²) in [4.78, 5) is 4.10. The molecule has 3 N–H and O–H groups in total. The Balaban J connectivity index is 2.35. The fraction of sp³-hybridized carbons (Fsp3) is 0.133. The molecule has 1 aromatic carbocycles. The Labute approximate surface area is 120 Å². The number of thioether (sulfide) groups is 1. The van der Waals surface area contributed by atoms with Gasteiger partial charge >= 0.3 is 5.65 Å². The molecule has 2 aromatic heterocycles. The molecule has 0 aliphatic rings. The van der Waals surface area contributed by atoms with E-state index in [-0.39, 0.29) is 5.75 Å². The van der Waals surface area contributed by atoms with Crippen LogP contribution in [0.3, 0.4) is 0 Å². The molecular formula is C15H15N2O2S+. The smallest absolute Gasteiger partial charge is 0.326 e. The first-order valence-corrected chi connectivity index (χ1v) is 7.43. The molecule has 0 bridgehead atoms. The minimum atomic E-state index is 0.236. The van der Waals surface area contributed by atoms with E-state index in [9.17, 15) is 10.3 Å². The number of phenols is 1. The Morgan fingerprint density at radius 1 is 1.15 bits per heavy atom. The average molecular weight is 287 g/mol. The van der Waals surface area contributed by atoms with Gasteiger partial charge in [-0.2, -0.15) is 0 Å². The van der Waals surface area contributed by atoms with Crippen LogP contribution in [0.2, 0.25) is 0 Å². The Morgan fingerprint density at radius 2 is 1.95 bits per heavy atom. The van der Waals surface area contributed by atoms with Crippen LogP contribution in [0.25, 0.3) is 22.2 Å². The number of aromatic hydroxyl groups is 1. The Kier molecular flexibility index (Phi) is 3.06. The van der Waals surface area contributed by atoms with Gasteiger partial charge in [-0.25, -0.2) is 4.98 Å². The van der Waals surface area contributed by atoms with Crippen molar-refractivity contribution >= 4 is 22.8 Å². The second-order valence-electron chi connectivity index (χ2n) is 4.63. The van der Waals surface area contributed by atoms with Crippen LogP contribution in [0.4, 0.5) is 0 Å². The quantitative estimate of drug-likeness (QED) is 0.385. The van der Waals surface area contributed by atoms with Crippen molar-refractivity contribution in [2.45, 2.75) is 11.8 Å². The Morgan fingerprint density at radius 3 is 2.70 bits per heavy atom. The fourth-order valence-corrected chi connectivity index (χ4v) is 2.80. The number of aromatic nitrogens is 2. The molecule has 0 saturated carbocycles. The van der Waals surface area contributed by atoms with Crippen LogP contribution in [0.5, 0.6) is 5.75 Å². The molecule has 0 saturated heterocycles. The first-order valence-electron chi connectivity index (χ1n) is 6.21. The van der Waals surface area contributed by atoms with E-state index in [0.717, 1.165) is 26.1 Å². The van der Waals surface area contributed by atoms with Crippen LogP contribution in [-0.4, -0.2) is 21.6 Å². The van der Waals surface area contributed by atoms with Crippen LogP contribution in [0, 0.1) is 6.92 Å². The van der Waals surface area contributed by atoms with Crippen molar-refractivity contribution in [3.63, 3.8) is 0 Å². The number of fused-ring (bicyclic) bond motifs is 1. The highest BCUT2D eigenvalue weighted by Gasteiger charge is 2.18. The number of phenolic OH excluding ortho intramolecular Hbond substituents is 1. The zero-order chi connectivity index (χ0) is 14.3. The van der Waals surface area contributed by atoms with Crippen LogP contribution >= 0.6 is 11.8 Å². The number of nitrogens with one attached hydrogen (secondary N) is 1. The number of rotatable bonds is 2. The van der Waals surface area contributed by atoms with Gasteiger partial charge in [-0.15, -0.1) is 11.8 Å². The maximum absolute atomic E-state index is 10.2. The SMILES string of the molecule is CSc1ccc(O)c(-c2cc(C)[n+](O)c3[nH]ccc23)c1. The van der Waals surface area contributed by atoms with Gasteiger partial charge in [-0.3, -0.25) is 0 Å². The van der Waals surface area contributed by atoms with Crippen molar-refractivity contribution < 1.29 is 15.0 Å². The molecule has 0 atom stereocenters. The summed E-state index contributed by atoms with van der Waals surface area (Å²) in [5, 5.41) is 21.0. The maximum atomic E-state index is 10.2. The Hall–Kier alpha value is -2.14. The number of hydrogen-bond acceptors (Lipinski definition) is 3. The second kappa shape index (κ2) is 4.76. The van der Waals surface area contributed by atoms with Crippen LogP contribution in [0.1, 0.15) is 5.69 Å². The number of H-pyrrole nitrogens is 1. The van der Waals surface area contributed by atoms with Crippen molar-refractivity contribution in [1.29, 1.82) is 0 Å². The minimum Gasteiger partial charge on any atom is -0.507 e. The highest BCUT2D eigenvalue weighted by atomic mass is 32.2. The lowest BCUT2D eigenvalue weighted by Crippen LogP contribution is -2.34. The number of pyridine rings is 1. The third kappa shape index (κ3) is 1.91. The Bertz CT molecular complexity index is 796. The van der Waals surface area contributed by atoms with Crippen molar-refractivity contribution in [2.24, 2.45) is 0 Å². The molecule has 0 unspecified atom stereocenters. The molecule has 3 aromatic rings. The number of benzene rings is 1. The van der Waals surface area contributed by atoms with Gasteiger partial charge in [0.15, 0.2) is 0 Å². The molecule has 20 heavy (non-hydrogen) atoms. The average Bonchev–Trinajstić information content (AvgIpc) is 2.93. The first-order chi connectivity index (χ1) is 9.61. The van der Waals surface area contributed by atoms with E-state index in [4.69, 9.17) is 0 Å². The van der Waals surface area contributed by atoms with E-state index >= 15 is 0 Å². The molecular weight excluding hydrogens is 272 g/mol. The molecule has 3 rings (SSSR count). The molecule has 0 aliphatic heterocycles.